The zero-order valence-corrected chi connectivity index (χ0v) is 9.99. The molecule has 2 rings (SSSR count). The summed E-state index contributed by atoms with van der Waals surface area (Å²) < 4.78 is 31.4. The number of carbonyl (C=O) groups is 2. The highest BCUT2D eigenvalue weighted by molar-refractivity contribution is 5.94. The van der Waals surface area contributed by atoms with E-state index in [2.05, 4.69) is 5.32 Å². The number of nitrogens with zero attached hydrogens (tertiary/aromatic N) is 1. The van der Waals surface area contributed by atoms with Crippen LogP contribution >= 0.6 is 0 Å². The first-order chi connectivity index (χ1) is 9.08. The van der Waals surface area contributed by atoms with Gasteiger partial charge in [0.25, 0.3) is 0 Å². The van der Waals surface area contributed by atoms with Crippen LogP contribution in [-0.4, -0.2) is 36.6 Å². The van der Waals surface area contributed by atoms with Gasteiger partial charge in [-0.2, -0.15) is 0 Å². The van der Waals surface area contributed by atoms with Gasteiger partial charge in [-0.1, -0.05) is 6.07 Å². The van der Waals surface area contributed by atoms with Gasteiger partial charge in [0.2, 0.25) is 5.91 Å². The van der Waals surface area contributed by atoms with Gasteiger partial charge in [-0.05, 0) is 18.6 Å². The number of hydrogen-bond donors (Lipinski definition) is 1. The van der Waals surface area contributed by atoms with Gasteiger partial charge < -0.3 is 10.1 Å². The van der Waals surface area contributed by atoms with Crippen LogP contribution in [0.15, 0.2) is 18.2 Å². The number of para-hydroxylation sites is 1. The SMILES string of the molecule is O=C(CN1CCCOC1=O)Nc1c(F)cccc1F. The van der Waals surface area contributed by atoms with Gasteiger partial charge in [-0.3, -0.25) is 9.69 Å². The van der Waals surface area contributed by atoms with Gasteiger partial charge >= 0.3 is 6.09 Å². The van der Waals surface area contributed by atoms with E-state index >= 15 is 0 Å². The zero-order valence-electron chi connectivity index (χ0n) is 9.99. The zero-order chi connectivity index (χ0) is 13.8. The van der Waals surface area contributed by atoms with Crippen LogP contribution in [0.5, 0.6) is 0 Å². The van der Waals surface area contributed by atoms with Crippen molar-refractivity contribution in [1.82, 2.24) is 4.90 Å². The van der Waals surface area contributed by atoms with Crippen molar-refractivity contribution in [3.63, 3.8) is 0 Å². The smallest absolute Gasteiger partial charge is 0.410 e. The van der Waals surface area contributed by atoms with Crippen molar-refractivity contribution >= 4 is 17.7 Å². The Hall–Kier alpha value is -2.18. The number of anilines is 1. The highest BCUT2D eigenvalue weighted by Crippen LogP contribution is 2.18. The predicted octanol–water partition coefficient (Wildman–Crippen LogP) is 1.75. The maximum atomic E-state index is 13.3. The second-order valence-electron chi connectivity index (χ2n) is 4.03. The lowest BCUT2D eigenvalue weighted by molar-refractivity contribution is -0.117. The summed E-state index contributed by atoms with van der Waals surface area (Å²) in [4.78, 5) is 24.1. The van der Waals surface area contributed by atoms with Crippen LogP contribution in [0, 0.1) is 11.6 Å². The van der Waals surface area contributed by atoms with Crippen LogP contribution in [0.4, 0.5) is 19.3 Å². The van der Waals surface area contributed by atoms with Crippen LogP contribution in [0.2, 0.25) is 0 Å². The van der Waals surface area contributed by atoms with Crippen molar-refractivity contribution in [2.45, 2.75) is 6.42 Å². The summed E-state index contributed by atoms with van der Waals surface area (Å²) in [6.07, 6.45) is 0.0167. The quantitative estimate of drug-likeness (QED) is 0.910. The monoisotopic (exact) mass is 270 g/mol. The number of hydrogen-bond acceptors (Lipinski definition) is 3. The Morgan fingerprint density at radius 3 is 2.68 bits per heavy atom. The van der Waals surface area contributed by atoms with Crippen molar-refractivity contribution < 1.29 is 23.1 Å². The number of ether oxygens (including phenoxy) is 1. The summed E-state index contributed by atoms with van der Waals surface area (Å²) in [5.74, 6) is -2.41. The Morgan fingerprint density at radius 1 is 1.37 bits per heavy atom. The topological polar surface area (TPSA) is 58.6 Å². The maximum Gasteiger partial charge on any atom is 0.410 e. The first-order valence-electron chi connectivity index (χ1n) is 5.73. The molecule has 1 aliphatic rings. The average molecular weight is 270 g/mol. The van der Waals surface area contributed by atoms with Crippen LogP contribution < -0.4 is 5.32 Å². The molecule has 0 radical (unpaired) electrons. The van der Waals surface area contributed by atoms with E-state index in [1.165, 1.54) is 11.0 Å². The predicted molar refractivity (Wildman–Crippen MR) is 62.5 cm³/mol. The molecule has 0 atom stereocenters. The fourth-order valence-corrected chi connectivity index (χ4v) is 1.71. The highest BCUT2D eigenvalue weighted by atomic mass is 19.1. The second-order valence-corrected chi connectivity index (χ2v) is 4.03. The van der Waals surface area contributed by atoms with Crippen molar-refractivity contribution in [2.24, 2.45) is 0 Å². The first kappa shape index (κ1) is 13.3. The van der Waals surface area contributed by atoms with E-state index in [-0.39, 0.29) is 6.54 Å². The lowest BCUT2D eigenvalue weighted by Gasteiger charge is -2.25. The standard InChI is InChI=1S/C12H12F2N2O3/c13-8-3-1-4-9(14)11(8)15-10(17)7-16-5-2-6-19-12(16)18/h1,3-4H,2,5-7H2,(H,15,17). The van der Waals surface area contributed by atoms with E-state index in [1.807, 2.05) is 0 Å². The first-order valence-corrected chi connectivity index (χ1v) is 5.73. The fourth-order valence-electron chi connectivity index (χ4n) is 1.71. The molecule has 0 bridgehead atoms. The molecule has 0 unspecified atom stereocenters. The van der Waals surface area contributed by atoms with E-state index in [1.54, 1.807) is 0 Å². The largest absolute Gasteiger partial charge is 0.449 e. The van der Waals surface area contributed by atoms with Crippen LogP contribution in [0.3, 0.4) is 0 Å². The summed E-state index contributed by atoms with van der Waals surface area (Å²) in [7, 11) is 0. The van der Waals surface area contributed by atoms with E-state index in [4.69, 9.17) is 4.74 Å². The van der Waals surface area contributed by atoms with Crippen molar-refractivity contribution in [3.05, 3.63) is 29.8 Å². The molecule has 1 saturated heterocycles. The molecule has 0 aliphatic carbocycles. The molecule has 102 valence electrons. The summed E-state index contributed by atoms with van der Waals surface area (Å²) in [6.45, 7) is 0.400. The van der Waals surface area contributed by atoms with E-state index in [0.29, 0.717) is 19.6 Å². The van der Waals surface area contributed by atoms with Gasteiger partial charge in [0.1, 0.15) is 23.9 Å². The molecule has 1 N–H and O–H groups in total. The fraction of sp³-hybridized carbons (Fsp3) is 0.333. The third-order valence-corrected chi connectivity index (χ3v) is 2.62. The van der Waals surface area contributed by atoms with Gasteiger partial charge in [0, 0.05) is 6.54 Å². The number of halogens is 2. The third kappa shape index (κ3) is 3.18. The van der Waals surface area contributed by atoms with Crippen molar-refractivity contribution in [2.75, 3.05) is 25.0 Å². The van der Waals surface area contributed by atoms with Gasteiger partial charge in [-0.25, -0.2) is 13.6 Å². The molecule has 0 aromatic heterocycles. The van der Waals surface area contributed by atoms with E-state index < -0.39 is 29.3 Å². The van der Waals surface area contributed by atoms with Crippen LogP contribution in [-0.2, 0) is 9.53 Å². The number of amides is 2. The number of carbonyl (C=O) groups excluding carboxylic acids is 2. The van der Waals surface area contributed by atoms with Crippen molar-refractivity contribution in [3.8, 4) is 0 Å². The third-order valence-electron chi connectivity index (χ3n) is 2.62. The normalized spacial score (nSPS) is 15.1. The second kappa shape index (κ2) is 5.64. The molecule has 0 spiro atoms. The Labute approximate surface area is 108 Å². The molecule has 19 heavy (non-hydrogen) atoms. The lowest BCUT2D eigenvalue weighted by atomic mass is 10.3. The molecule has 7 heteroatoms. The molecule has 1 aromatic carbocycles. The van der Waals surface area contributed by atoms with Gasteiger partial charge in [0.05, 0.1) is 6.61 Å². The average Bonchev–Trinajstić information content (AvgIpc) is 2.37. The summed E-state index contributed by atoms with van der Waals surface area (Å²) >= 11 is 0. The Bertz CT molecular complexity index is 487. The Morgan fingerprint density at radius 2 is 2.05 bits per heavy atom. The summed E-state index contributed by atoms with van der Waals surface area (Å²) in [6, 6.07) is 3.27. The van der Waals surface area contributed by atoms with E-state index in [0.717, 1.165) is 12.1 Å². The molecule has 1 fully saturated rings. The molecule has 5 nitrogen and oxygen atoms in total. The minimum atomic E-state index is -0.866. The van der Waals surface area contributed by atoms with Gasteiger partial charge in [0.15, 0.2) is 0 Å². The molecular formula is C12H12F2N2O3. The maximum absolute atomic E-state index is 13.3. The molecule has 1 aromatic rings. The summed E-state index contributed by atoms with van der Waals surface area (Å²) in [5, 5.41) is 2.11. The Kier molecular flexibility index (Phi) is 3.94. The lowest BCUT2D eigenvalue weighted by Crippen LogP contribution is -2.42. The number of cyclic esters (lactones) is 1. The number of rotatable bonds is 3. The van der Waals surface area contributed by atoms with Crippen molar-refractivity contribution in [1.29, 1.82) is 0 Å². The van der Waals surface area contributed by atoms with E-state index in [9.17, 15) is 18.4 Å². The summed E-state index contributed by atoms with van der Waals surface area (Å²) in [5.41, 5.74) is -0.516. The van der Waals surface area contributed by atoms with Crippen LogP contribution in [0.25, 0.3) is 0 Å². The molecule has 1 aliphatic heterocycles. The molecular weight excluding hydrogens is 258 g/mol. The molecule has 1 heterocycles. The Balaban J connectivity index is 1.99. The minimum Gasteiger partial charge on any atom is -0.449 e. The molecule has 2 amide bonds. The molecule has 0 saturated carbocycles. The number of benzene rings is 1. The van der Waals surface area contributed by atoms with Crippen LogP contribution in [0.1, 0.15) is 6.42 Å². The number of nitrogens with one attached hydrogen (secondary N) is 1. The highest BCUT2D eigenvalue weighted by Gasteiger charge is 2.22. The van der Waals surface area contributed by atoms with Gasteiger partial charge in [-0.15, -0.1) is 0 Å². The minimum absolute atomic E-state index is 0.299.